The molecule has 0 bridgehead atoms. The maximum Gasteiger partial charge on any atom is 0.126 e. The molecule has 0 aliphatic rings. The van der Waals surface area contributed by atoms with Crippen LogP contribution in [0.4, 0.5) is 0 Å². The van der Waals surface area contributed by atoms with Crippen molar-refractivity contribution < 1.29 is 9.47 Å². The van der Waals surface area contributed by atoms with E-state index in [2.05, 4.69) is 37.0 Å². The molecule has 1 N–H and O–H groups in total. The highest BCUT2D eigenvalue weighted by molar-refractivity contribution is 5.40. The summed E-state index contributed by atoms with van der Waals surface area (Å²) < 4.78 is 10.9. The molecule has 0 amide bonds. The van der Waals surface area contributed by atoms with E-state index in [0.29, 0.717) is 0 Å². The number of para-hydroxylation sites is 1. The number of hydrogen-bond acceptors (Lipinski definition) is 3. The van der Waals surface area contributed by atoms with Gasteiger partial charge >= 0.3 is 0 Å². The molecule has 0 radical (unpaired) electrons. The minimum absolute atomic E-state index is 0.724. The van der Waals surface area contributed by atoms with Crippen molar-refractivity contribution in [2.24, 2.45) is 0 Å². The smallest absolute Gasteiger partial charge is 0.126 e. The second-order valence-corrected chi connectivity index (χ2v) is 4.51. The van der Waals surface area contributed by atoms with Crippen molar-refractivity contribution in [3.63, 3.8) is 0 Å². The summed E-state index contributed by atoms with van der Waals surface area (Å²) in [6, 6.07) is 6.26. The molecule has 0 saturated carbocycles. The first-order chi connectivity index (χ1) is 9.29. The Hall–Kier alpha value is -1.32. The molecule has 1 aromatic rings. The van der Waals surface area contributed by atoms with Gasteiger partial charge in [-0.3, -0.25) is 0 Å². The van der Waals surface area contributed by atoms with Crippen LogP contribution in [-0.4, -0.2) is 26.9 Å². The summed E-state index contributed by atoms with van der Waals surface area (Å²) >= 11 is 0. The van der Waals surface area contributed by atoms with Crippen LogP contribution < -0.4 is 10.1 Å². The number of nitrogens with one attached hydrogen (secondary N) is 1. The van der Waals surface area contributed by atoms with Crippen LogP contribution in [0.25, 0.3) is 0 Å². The molecule has 0 heterocycles. The Bertz CT molecular complexity index is 377. The number of hydrogen-bond donors (Lipinski definition) is 1. The summed E-state index contributed by atoms with van der Waals surface area (Å²) in [6.45, 7) is 8.92. The summed E-state index contributed by atoms with van der Waals surface area (Å²) in [5.74, 6) is 1.01. The van der Waals surface area contributed by atoms with Crippen molar-refractivity contribution in [3.05, 3.63) is 42.0 Å². The fourth-order valence-corrected chi connectivity index (χ4v) is 1.86. The molecular formula is C16H25NO2. The van der Waals surface area contributed by atoms with Crippen molar-refractivity contribution in [2.45, 2.75) is 26.3 Å². The van der Waals surface area contributed by atoms with Crippen molar-refractivity contribution >= 4 is 0 Å². The van der Waals surface area contributed by atoms with Gasteiger partial charge in [0.2, 0.25) is 0 Å². The number of rotatable bonds is 10. The van der Waals surface area contributed by atoms with Gasteiger partial charge in [0.1, 0.15) is 5.75 Å². The van der Waals surface area contributed by atoms with E-state index in [1.807, 2.05) is 6.08 Å². The van der Waals surface area contributed by atoms with E-state index in [-0.39, 0.29) is 0 Å². The third kappa shape index (κ3) is 5.90. The molecular weight excluding hydrogens is 238 g/mol. The first-order valence-electron chi connectivity index (χ1n) is 6.81. The van der Waals surface area contributed by atoms with Crippen molar-refractivity contribution in [1.29, 1.82) is 0 Å². The van der Waals surface area contributed by atoms with Gasteiger partial charge < -0.3 is 14.8 Å². The van der Waals surface area contributed by atoms with E-state index < -0.39 is 0 Å². The second-order valence-electron chi connectivity index (χ2n) is 4.51. The number of ether oxygens (including phenoxy) is 2. The largest absolute Gasteiger partial charge is 0.493 e. The molecule has 19 heavy (non-hydrogen) atoms. The van der Waals surface area contributed by atoms with Gasteiger partial charge in [-0.15, -0.1) is 6.58 Å². The molecule has 0 aliphatic carbocycles. The van der Waals surface area contributed by atoms with E-state index in [9.17, 15) is 0 Å². The second kappa shape index (κ2) is 9.59. The topological polar surface area (TPSA) is 30.5 Å². The third-order valence-electron chi connectivity index (χ3n) is 2.89. The van der Waals surface area contributed by atoms with Gasteiger partial charge in [-0.05, 0) is 25.3 Å². The monoisotopic (exact) mass is 263 g/mol. The Kier molecular flexibility index (Phi) is 7.94. The molecule has 0 spiro atoms. The van der Waals surface area contributed by atoms with Crippen LogP contribution in [0.5, 0.6) is 5.75 Å². The minimum atomic E-state index is 0.724. The van der Waals surface area contributed by atoms with E-state index in [4.69, 9.17) is 9.47 Å². The lowest BCUT2D eigenvalue weighted by atomic mass is 10.1. The van der Waals surface area contributed by atoms with Gasteiger partial charge in [-0.2, -0.15) is 0 Å². The van der Waals surface area contributed by atoms with Crippen LogP contribution in [-0.2, 0) is 11.3 Å². The maximum atomic E-state index is 5.91. The molecule has 3 nitrogen and oxygen atoms in total. The van der Waals surface area contributed by atoms with Crippen LogP contribution in [0.1, 0.15) is 24.0 Å². The highest BCUT2D eigenvalue weighted by Gasteiger charge is 2.06. The maximum absolute atomic E-state index is 5.91. The standard InChI is InChI=1S/C16H25NO2/c1-4-5-6-11-19-16-14(2)8-7-9-15(16)13-17-10-12-18-3/h4,7-9,17H,1,5-6,10-13H2,2-3H3. The van der Waals surface area contributed by atoms with Crippen molar-refractivity contribution in [3.8, 4) is 5.75 Å². The van der Waals surface area contributed by atoms with E-state index in [1.54, 1.807) is 7.11 Å². The zero-order valence-corrected chi connectivity index (χ0v) is 12.1. The van der Waals surface area contributed by atoms with Crippen LogP contribution >= 0.6 is 0 Å². The van der Waals surface area contributed by atoms with Gasteiger partial charge in [0, 0.05) is 25.8 Å². The van der Waals surface area contributed by atoms with Gasteiger partial charge in [-0.1, -0.05) is 24.3 Å². The molecule has 0 saturated heterocycles. The Morgan fingerprint density at radius 2 is 2.16 bits per heavy atom. The molecule has 0 unspecified atom stereocenters. The number of unbranched alkanes of at least 4 members (excludes halogenated alkanes) is 1. The van der Waals surface area contributed by atoms with Crippen LogP contribution in [0.3, 0.4) is 0 Å². The Labute approximate surface area is 116 Å². The van der Waals surface area contributed by atoms with Crippen LogP contribution in [0.2, 0.25) is 0 Å². The summed E-state index contributed by atoms with van der Waals surface area (Å²) in [4.78, 5) is 0. The van der Waals surface area contributed by atoms with Gasteiger partial charge in [0.15, 0.2) is 0 Å². The Morgan fingerprint density at radius 3 is 2.89 bits per heavy atom. The van der Waals surface area contributed by atoms with Crippen molar-refractivity contribution in [2.75, 3.05) is 26.9 Å². The van der Waals surface area contributed by atoms with Crippen molar-refractivity contribution in [1.82, 2.24) is 5.32 Å². The van der Waals surface area contributed by atoms with Gasteiger partial charge in [0.25, 0.3) is 0 Å². The number of aryl methyl sites for hydroxylation is 1. The molecule has 1 rings (SSSR count). The summed E-state index contributed by atoms with van der Waals surface area (Å²) in [7, 11) is 1.71. The predicted molar refractivity (Wildman–Crippen MR) is 79.7 cm³/mol. The third-order valence-corrected chi connectivity index (χ3v) is 2.89. The lowest BCUT2D eigenvalue weighted by Crippen LogP contribution is -2.19. The van der Waals surface area contributed by atoms with Crippen LogP contribution in [0.15, 0.2) is 30.9 Å². The Balaban J connectivity index is 2.53. The molecule has 0 fully saturated rings. The normalized spacial score (nSPS) is 10.4. The number of allylic oxidation sites excluding steroid dienone is 1. The quantitative estimate of drug-likeness (QED) is 0.520. The first-order valence-corrected chi connectivity index (χ1v) is 6.81. The average Bonchev–Trinajstić information content (AvgIpc) is 2.42. The lowest BCUT2D eigenvalue weighted by Gasteiger charge is -2.14. The van der Waals surface area contributed by atoms with Gasteiger partial charge in [0.05, 0.1) is 13.2 Å². The molecule has 106 valence electrons. The van der Waals surface area contributed by atoms with E-state index in [0.717, 1.165) is 44.9 Å². The van der Waals surface area contributed by atoms with Crippen LogP contribution in [0, 0.1) is 6.92 Å². The number of benzene rings is 1. The summed E-state index contributed by atoms with van der Waals surface area (Å²) in [5.41, 5.74) is 2.39. The average molecular weight is 263 g/mol. The first kappa shape index (κ1) is 15.7. The highest BCUT2D eigenvalue weighted by atomic mass is 16.5. The summed E-state index contributed by atoms with van der Waals surface area (Å²) in [5, 5.41) is 3.35. The molecule has 0 atom stereocenters. The SMILES string of the molecule is C=CCCCOc1c(C)cccc1CNCCOC. The minimum Gasteiger partial charge on any atom is -0.493 e. The van der Waals surface area contributed by atoms with E-state index in [1.165, 1.54) is 11.1 Å². The molecule has 0 aromatic heterocycles. The van der Waals surface area contributed by atoms with Gasteiger partial charge in [-0.25, -0.2) is 0 Å². The lowest BCUT2D eigenvalue weighted by molar-refractivity contribution is 0.199. The fraction of sp³-hybridized carbons (Fsp3) is 0.500. The zero-order chi connectivity index (χ0) is 13.9. The summed E-state index contributed by atoms with van der Waals surface area (Å²) in [6.07, 6.45) is 3.93. The predicted octanol–water partition coefficient (Wildman–Crippen LogP) is 3.08. The highest BCUT2D eigenvalue weighted by Crippen LogP contribution is 2.23. The molecule has 3 heteroatoms. The number of methoxy groups -OCH3 is 1. The Morgan fingerprint density at radius 1 is 1.32 bits per heavy atom. The van der Waals surface area contributed by atoms with E-state index >= 15 is 0 Å². The molecule has 1 aromatic carbocycles. The molecule has 0 aliphatic heterocycles. The zero-order valence-electron chi connectivity index (χ0n) is 12.1. The fourth-order valence-electron chi connectivity index (χ4n) is 1.86.